The number of anilines is 1. The van der Waals surface area contributed by atoms with E-state index in [1.807, 2.05) is 50.5 Å². The maximum atomic E-state index is 5.42. The molecule has 2 N–H and O–H groups in total. The van der Waals surface area contributed by atoms with Crippen LogP contribution < -0.4 is 5.32 Å². The van der Waals surface area contributed by atoms with Crippen molar-refractivity contribution in [2.45, 2.75) is 27.3 Å². The van der Waals surface area contributed by atoms with Crippen molar-refractivity contribution in [2.24, 2.45) is 0 Å². The van der Waals surface area contributed by atoms with Gasteiger partial charge < -0.3 is 14.8 Å². The van der Waals surface area contributed by atoms with E-state index in [0.717, 1.165) is 56.3 Å². The number of aryl methyl sites for hydroxylation is 3. The van der Waals surface area contributed by atoms with Gasteiger partial charge in [0.15, 0.2) is 0 Å². The zero-order chi connectivity index (χ0) is 21.4. The molecule has 0 amide bonds. The lowest BCUT2D eigenvalue weighted by Crippen LogP contribution is -2.00. The summed E-state index contributed by atoms with van der Waals surface area (Å²) in [5.41, 5.74) is 9.21. The van der Waals surface area contributed by atoms with Crippen LogP contribution in [0.1, 0.15) is 22.6 Å². The third-order valence-corrected chi connectivity index (χ3v) is 5.54. The van der Waals surface area contributed by atoms with E-state index in [4.69, 9.17) is 9.51 Å². The minimum absolute atomic E-state index is 0.693. The third kappa shape index (κ3) is 3.57. The Morgan fingerprint density at radius 1 is 1.00 bits per heavy atom. The molecule has 0 aliphatic rings. The number of fused-ring (bicyclic) bond motifs is 1. The topological polar surface area (TPSA) is 79.6 Å². The van der Waals surface area contributed by atoms with Crippen molar-refractivity contribution in [3.05, 3.63) is 83.5 Å². The molecule has 0 bridgehead atoms. The smallest absolute Gasteiger partial charge is 0.201 e. The number of aromatic amines is 1. The molecular formula is C25H23N5O. The average Bonchev–Trinajstić information content (AvgIpc) is 3.35. The van der Waals surface area contributed by atoms with Crippen molar-refractivity contribution < 1.29 is 4.52 Å². The first-order valence-electron chi connectivity index (χ1n) is 10.3. The number of H-pyrrole nitrogens is 1. The summed E-state index contributed by atoms with van der Waals surface area (Å²) in [6, 6.07) is 16.6. The highest BCUT2D eigenvalue weighted by molar-refractivity contribution is 5.97. The van der Waals surface area contributed by atoms with E-state index in [0.29, 0.717) is 6.54 Å². The van der Waals surface area contributed by atoms with Gasteiger partial charge in [-0.25, -0.2) is 4.98 Å². The average molecular weight is 409 g/mol. The van der Waals surface area contributed by atoms with Gasteiger partial charge in [0.2, 0.25) is 5.95 Å². The summed E-state index contributed by atoms with van der Waals surface area (Å²) in [6.45, 7) is 6.68. The second-order valence-corrected chi connectivity index (χ2v) is 7.73. The van der Waals surface area contributed by atoms with E-state index >= 15 is 0 Å². The van der Waals surface area contributed by atoms with E-state index in [-0.39, 0.29) is 0 Å². The van der Waals surface area contributed by atoms with Crippen LogP contribution in [0.4, 0.5) is 5.95 Å². The van der Waals surface area contributed by atoms with Crippen molar-refractivity contribution in [3.63, 3.8) is 0 Å². The van der Waals surface area contributed by atoms with Gasteiger partial charge in [0.25, 0.3) is 0 Å². The number of hydrogen-bond donors (Lipinski definition) is 2. The molecule has 6 nitrogen and oxygen atoms in total. The Hall–Kier alpha value is -3.93. The van der Waals surface area contributed by atoms with Crippen molar-refractivity contribution in [1.82, 2.24) is 20.1 Å². The highest BCUT2D eigenvalue weighted by Crippen LogP contribution is 2.37. The van der Waals surface area contributed by atoms with Crippen molar-refractivity contribution in [3.8, 4) is 22.3 Å². The summed E-state index contributed by atoms with van der Waals surface area (Å²) in [7, 11) is 0. The van der Waals surface area contributed by atoms with Gasteiger partial charge in [-0.15, -0.1) is 0 Å². The summed E-state index contributed by atoms with van der Waals surface area (Å²) < 4.78 is 5.42. The molecule has 154 valence electrons. The van der Waals surface area contributed by atoms with Crippen molar-refractivity contribution in [2.75, 3.05) is 5.32 Å². The zero-order valence-corrected chi connectivity index (χ0v) is 17.7. The van der Waals surface area contributed by atoms with Gasteiger partial charge in [-0.2, -0.15) is 0 Å². The summed E-state index contributed by atoms with van der Waals surface area (Å²) in [6.07, 6.45) is 3.71. The van der Waals surface area contributed by atoms with Crippen LogP contribution in [0.3, 0.4) is 0 Å². The van der Waals surface area contributed by atoms with Gasteiger partial charge in [0, 0.05) is 35.6 Å². The fourth-order valence-corrected chi connectivity index (χ4v) is 3.97. The Balaban J connectivity index is 1.65. The lowest BCUT2D eigenvalue weighted by molar-refractivity contribution is 0.393. The van der Waals surface area contributed by atoms with Crippen LogP contribution in [0.15, 0.2) is 65.4 Å². The SMILES string of the molecule is Cc1ccncc1-c1cc(-c2c(C)noc2C)cc2[nH]c(NCc3ccccc3)nc12. The van der Waals surface area contributed by atoms with Crippen molar-refractivity contribution >= 4 is 17.0 Å². The molecule has 3 heterocycles. The zero-order valence-electron chi connectivity index (χ0n) is 17.7. The van der Waals surface area contributed by atoms with Gasteiger partial charge in [0.1, 0.15) is 5.76 Å². The van der Waals surface area contributed by atoms with Crippen LogP contribution in [0.25, 0.3) is 33.3 Å². The molecule has 6 heteroatoms. The molecular weight excluding hydrogens is 386 g/mol. The Labute approximate surface area is 180 Å². The van der Waals surface area contributed by atoms with Crippen LogP contribution >= 0.6 is 0 Å². The van der Waals surface area contributed by atoms with Gasteiger partial charge in [-0.3, -0.25) is 4.98 Å². The van der Waals surface area contributed by atoms with E-state index in [1.165, 1.54) is 5.56 Å². The Bertz CT molecular complexity index is 1350. The van der Waals surface area contributed by atoms with Crippen molar-refractivity contribution in [1.29, 1.82) is 0 Å². The molecule has 5 rings (SSSR count). The number of nitrogens with zero attached hydrogens (tertiary/aromatic N) is 3. The summed E-state index contributed by atoms with van der Waals surface area (Å²) in [5, 5.41) is 7.54. The molecule has 0 saturated heterocycles. The number of hydrogen-bond acceptors (Lipinski definition) is 5. The highest BCUT2D eigenvalue weighted by atomic mass is 16.5. The number of pyridine rings is 1. The molecule has 0 fully saturated rings. The third-order valence-electron chi connectivity index (χ3n) is 5.54. The van der Waals surface area contributed by atoms with E-state index < -0.39 is 0 Å². The Kier molecular flexibility index (Phi) is 4.75. The first-order valence-corrected chi connectivity index (χ1v) is 10.3. The largest absolute Gasteiger partial charge is 0.361 e. The van der Waals surface area contributed by atoms with E-state index in [2.05, 4.69) is 51.6 Å². The molecule has 2 aromatic carbocycles. The molecule has 0 atom stereocenters. The summed E-state index contributed by atoms with van der Waals surface area (Å²) >= 11 is 0. The Morgan fingerprint density at radius 3 is 2.58 bits per heavy atom. The van der Waals surface area contributed by atoms with Gasteiger partial charge in [0.05, 0.1) is 16.7 Å². The van der Waals surface area contributed by atoms with Gasteiger partial charge >= 0.3 is 0 Å². The molecule has 0 spiro atoms. The Morgan fingerprint density at radius 2 is 1.84 bits per heavy atom. The molecule has 0 saturated carbocycles. The number of rotatable bonds is 5. The van der Waals surface area contributed by atoms with Crippen LogP contribution in [-0.4, -0.2) is 20.1 Å². The molecule has 0 unspecified atom stereocenters. The highest BCUT2D eigenvalue weighted by Gasteiger charge is 2.18. The molecule has 3 aromatic heterocycles. The fraction of sp³-hybridized carbons (Fsp3) is 0.160. The maximum Gasteiger partial charge on any atom is 0.201 e. The lowest BCUT2D eigenvalue weighted by Gasteiger charge is -2.09. The van der Waals surface area contributed by atoms with Crippen LogP contribution in [0.5, 0.6) is 0 Å². The molecule has 0 aliphatic carbocycles. The number of aromatic nitrogens is 4. The van der Waals surface area contributed by atoms with Crippen LogP contribution in [0, 0.1) is 20.8 Å². The minimum Gasteiger partial charge on any atom is -0.361 e. The minimum atomic E-state index is 0.693. The van der Waals surface area contributed by atoms with Gasteiger partial charge in [-0.1, -0.05) is 35.5 Å². The number of benzene rings is 2. The number of nitrogens with one attached hydrogen (secondary N) is 2. The second kappa shape index (κ2) is 7.72. The quantitative estimate of drug-likeness (QED) is 0.382. The normalized spacial score (nSPS) is 11.2. The molecule has 0 radical (unpaired) electrons. The number of imidazole rings is 1. The van der Waals surface area contributed by atoms with E-state index in [9.17, 15) is 0 Å². The van der Waals surface area contributed by atoms with E-state index in [1.54, 1.807) is 0 Å². The molecule has 5 aromatic rings. The maximum absolute atomic E-state index is 5.42. The predicted octanol–water partition coefficient (Wildman–Crippen LogP) is 5.82. The molecule has 31 heavy (non-hydrogen) atoms. The summed E-state index contributed by atoms with van der Waals surface area (Å²) in [5.74, 6) is 1.53. The first kappa shape index (κ1) is 19.1. The van der Waals surface area contributed by atoms with Gasteiger partial charge in [-0.05, 0) is 55.7 Å². The monoisotopic (exact) mass is 409 g/mol. The fourth-order valence-electron chi connectivity index (χ4n) is 3.97. The van der Waals surface area contributed by atoms with Crippen LogP contribution in [0.2, 0.25) is 0 Å². The first-order chi connectivity index (χ1) is 15.1. The molecule has 0 aliphatic heterocycles. The predicted molar refractivity (Wildman–Crippen MR) is 123 cm³/mol. The summed E-state index contributed by atoms with van der Waals surface area (Å²) in [4.78, 5) is 12.7. The standard InChI is InChI=1S/C25H23N5O/c1-15-9-10-26-14-21(15)20-11-19(23-16(2)30-31-17(23)3)12-22-24(20)29-25(28-22)27-13-18-7-5-4-6-8-18/h4-12,14H,13H2,1-3H3,(H2,27,28,29). The second-order valence-electron chi connectivity index (χ2n) is 7.73. The van der Waals surface area contributed by atoms with Crippen LogP contribution in [-0.2, 0) is 6.54 Å². The lowest BCUT2D eigenvalue weighted by atomic mass is 9.95.